The van der Waals surface area contributed by atoms with E-state index in [1.54, 1.807) is 6.07 Å². The molecule has 116 valence electrons. The number of rotatable bonds is 5. The van der Waals surface area contributed by atoms with Crippen LogP contribution < -0.4 is 5.32 Å². The Kier molecular flexibility index (Phi) is 5.65. The van der Waals surface area contributed by atoms with Gasteiger partial charge in [-0.25, -0.2) is 8.42 Å². The van der Waals surface area contributed by atoms with Gasteiger partial charge in [-0.15, -0.1) is 0 Å². The van der Waals surface area contributed by atoms with E-state index in [0.29, 0.717) is 18.0 Å². The molecule has 0 saturated heterocycles. The fraction of sp³-hybridized carbons (Fsp3) is 0.533. The van der Waals surface area contributed by atoms with E-state index in [1.807, 2.05) is 0 Å². The molecule has 1 aliphatic rings. The summed E-state index contributed by atoms with van der Waals surface area (Å²) in [6.45, 7) is 0.626. The molecule has 1 N–H and O–H groups in total. The molecule has 1 saturated carbocycles. The lowest BCUT2D eigenvalue weighted by Gasteiger charge is -2.21. The number of nitrogens with one attached hydrogen (secondary N) is 1. The van der Waals surface area contributed by atoms with Crippen LogP contribution in [0.1, 0.15) is 48.9 Å². The summed E-state index contributed by atoms with van der Waals surface area (Å²) in [4.78, 5) is 12.0. The molecule has 1 aliphatic carbocycles. The van der Waals surface area contributed by atoms with Crippen molar-refractivity contribution < 1.29 is 13.2 Å². The minimum Gasteiger partial charge on any atom is -0.352 e. The van der Waals surface area contributed by atoms with Crippen molar-refractivity contribution in [2.45, 2.75) is 43.4 Å². The Balaban J connectivity index is 1.88. The molecule has 0 radical (unpaired) electrons. The molecule has 1 aromatic carbocycles. The van der Waals surface area contributed by atoms with E-state index >= 15 is 0 Å². The van der Waals surface area contributed by atoms with Gasteiger partial charge >= 0.3 is 0 Å². The largest absolute Gasteiger partial charge is 0.352 e. The molecule has 6 heteroatoms. The highest BCUT2D eigenvalue weighted by Crippen LogP contribution is 2.25. The van der Waals surface area contributed by atoms with Crippen LogP contribution in [0, 0.1) is 5.92 Å². The normalized spacial score (nSPS) is 16.6. The Morgan fingerprint density at radius 3 is 2.62 bits per heavy atom. The minimum atomic E-state index is -3.80. The summed E-state index contributed by atoms with van der Waals surface area (Å²) in [5, 5.41) is 2.85. The molecule has 2 rings (SSSR count). The van der Waals surface area contributed by atoms with Crippen LogP contribution in [0.15, 0.2) is 29.2 Å². The Morgan fingerprint density at radius 2 is 1.95 bits per heavy atom. The lowest BCUT2D eigenvalue weighted by Crippen LogP contribution is -2.26. The van der Waals surface area contributed by atoms with E-state index in [-0.39, 0.29) is 10.8 Å². The predicted molar refractivity (Wildman–Crippen MR) is 83.0 cm³/mol. The maximum Gasteiger partial charge on any atom is 0.261 e. The number of hydrogen-bond acceptors (Lipinski definition) is 3. The van der Waals surface area contributed by atoms with Gasteiger partial charge in [0, 0.05) is 22.8 Å². The van der Waals surface area contributed by atoms with Gasteiger partial charge in [-0.3, -0.25) is 4.79 Å². The number of carbonyl (C=O) groups excluding carboxylic acids is 1. The third-order valence-electron chi connectivity index (χ3n) is 3.94. The first-order chi connectivity index (χ1) is 9.97. The van der Waals surface area contributed by atoms with Gasteiger partial charge in [0.2, 0.25) is 0 Å². The van der Waals surface area contributed by atoms with Crippen LogP contribution in [0.3, 0.4) is 0 Å². The lowest BCUT2D eigenvalue weighted by molar-refractivity contribution is 0.0950. The summed E-state index contributed by atoms with van der Waals surface area (Å²) in [6.07, 6.45) is 7.37. The van der Waals surface area contributed by atoms with E-state index < -0.39 is 9.05 Å². The van der Waals surface area contributed by atoms with Crippen molar-refractivity contribution in [3.63, 3.8) is 0 Å². The molecule has 0 unspecified atom stereocenters. The maximum atomic E-state index is 12.0. The molecular formula is C15H20ClNO3S. The van der Waals surface area contributed by atoms with Gasteiger partial charge in [-0.05, 0) is 30.5 Å². The second-order valence-corrected chi connectivity index (χ2v) is 8.08. The number of amides is 1. The Labute approximate surface area is 130 Å². The molecule has 0 atom stereocenters. The smallest absolute Gasteiger partial charge is 0.261 e. The monoisotopic (exact) mass is 329 g/mol. The van der Waals surface area contributed by atoms with Gasteiger partial charge in [0.15, 0.2) is 0 Å². The second-order valence-electron chi connectivity index (χ2n) is 5.51. The predicted octanol–water partition coefficient (Wildman–Crippen LogP) is 3.31. The van der Waals surface area contributed by atoms with Gasteiger partial charge < -0.3 is 5.32 Å². The fourth-order valence-electron chi connectivity index (χ4n) is 2.76. The number of halogens is 1. The van der Waals surface area contributed by atoms with Crippen molar-refractivity contribution in [3.05, 3.63) is 29.8 Å². The van der Waals surface area contributed by atoms with Crippen LogP contribution >= 0.6 is 10.7 Å². The Bertz CT molecular complexity index is 595. The number of carbonyl (C=O) groups is 1. The van der Waals surface area contributed by atoms with Crippen LogP contribution in [-0.2, 0) is 9.05 Å². The highest BCUT2D eigenvalue weighted by molar-refractivity contribution is 8.13. The molecular weight excluding hydrogens is 310 g/mol. The molecule has 0 aliphatic heterocycles. The molecule has 0 aromatic heterocycles. The molecule has 0 spiro atoms. The van der Waals surface area contributed by atoms with E-state index in [2.05, 4.69) is 5.32 Å². The summed E-state index contributed by atoms with van der Waals surface area (Å²) in [7, 11) is 1.48. The summed E-state index contributed by atoms with van der Waals surface area (Å²) in [5.41, 5.74) is 0.320. The molecule has 4 nitrogen and oxygen atoms in total. The van der Waals surface area contributed by atoms with Crippen molar-refractivity contribution in [1.82, 2.24) is 5.32 Å². The van der Waals surface area contributed by atoms with Gasteiger partial charge in [-0.1, -0.05) is 38.2 Å². The van der Waals surface area contributed by atoms with E-state index in [9.17, 15) is 13.2 Å². The molecule has 21 heavy (non-hydrogen) atoms. The van der Waals surface area contributed by atoms with Gasteiger partial charge in [0.1, 0.15) is 0 Å². The molecule has 1 fully saturated rings. The molecule has 0 heterocycles. The van der Waals surface area contributed by atoms with Crippen molar-refractivity contribution in [2.75, 3.05) is 6.54 Å². The van der Waals surface area contributed by atoms with Crippen molar-refractivity contribution in [3.8, 4) is 0 Å². The first-order valence-electron chi connectivity index (χ1n) is 7.30. The average molecular weight is 330 g/mol. The van der Waals surface area contributed by atoms with Crippen LogP contribution in [0.2, 0.25) is 0 Å². The SMILES string of the molecule is O=C(NCCC1CCCCC1)c1cccc(S(=O)(=O)Cl)c1. The Hall–Kier alpha value is -1.07. The first-order valence-corrected chi connectivity index (χ1v) is 9.60. The zero-order valence-corrected chi connectivity index (χ0v) is 13.4. The summed E-state index contributed by atoms with van der Waals surface area (Å²) in [5.74, 6) is 0.446. The topological polar surface area (TPSA) is 63.2 Å². The number of benzene rings is 1. The zero-order chi connectivity index (χ0) is 15.3. The van der Waals surface area contributed by atoms with Gasteiger partial charge in [0.25, 0.3) is 15.0 Å². The van der Waals surface area contributed by atoms with Crippen LogP contribution in [0.25, 0.3) is 0 Å². The first kappa shape index (κ1) is 16.3. The fourth-order valence-corrected chi connectivity index (χ4v) is 3.55. The van der Waals surface area contributed by atoms with Crippen LogP contribution in [0.4, 0.5) is 0 Å². The van der Waals surface area contributed by atoms with Crippen LogP contribution in [-0.4, -0.2) is 20.9 Å². The van der Waals surface area contributed by atoms with E-state index in [4.69, 9.17) is 10.7 Å². The summed E-state index contributed by atoms with van der Waals surface area (Å²) >= 11 is 0. The van der Waals surface area contributed by atoms with E-state index in [1.165, 1.54) is 50.3 Å². The van der Waals surface area contributed by atoms with Crippen molar-refractivity contribution in [2.24, 2.45) is 5.92 Å². The molecule has 1 aromatic rings. The van der Waals surface area contributed by atoms with Crippen molar-refractivity contribution >= 4 is 25.6 Å². The second kappa shape index (κ2) is 7.27. The standard InChI is InChI=1S/C15H20ClNO3S/c16-21(19,20)14-8-4-7-13(11-14)15(18)17-10-9-12-5-2-1-3-6-12/h4,7-8,11-12H,1-3,5-6,9-10H2,(H,17,18). The molecule has 1 amide bonds. The molecule has 0 bridgehead atoms. The number of hydrogen-bond donors (Lipinski definition) is 1. The average Bonchev–Trinajstić information content (AvgIpc) is 2.47. The lowest BCUT2D eigenvalue weighted by atomic mass is 9.87. The third kappa shape index (κ3) is 5.00. The third-order valence-corrected chi connectivity index (χ3v) is 5.29. The van der Waals surface area contributed by atoms with Gasteiger partial charge in [-0.2, -0.15) is 0 Å². The van der Waals surface area contributed by atoms with Crippen molar-refractivity contribution in [1.29, 1.82) is 0 Å². The quantitative estimate of drug-likeness (QED) is 0.843. The summed E-state index contributed by atoms with van der Waals surface area (Å²) < 4.78 is 22.5. The maximum absolute atomic E-state index is 12.0. The van der Waals surface area contributed by atoms with E-state index in [0.717, 1.165) is 6.42 Å². The minimum absolute atomic E-state index is 0.0518. The highest BCUT2D eigenvalue weighted by atomic mass is 35.7. The van der Waals surface area contributed by atoms with Gasteiger partial charge in [0.05, 0.1) is 4.90 Å². The highest BCUT2D eigenvalue weighted by Gasteiger charge is 2.15. The zero-order valence-electron chi connectivity index (χ0n) is 11.8. The Morgan fingerprint density at radius 1 is 1.24 bits per heavy atom. The van der Waals surface area contributed by atoms with Crippen LogP contribution in [0.5, 0.6) is 0 Å². The summed E-state index contributed by atoms with van der Waals surface area (Å²) in [6, 6.07) is 5.78.